The van der Waals surface area contributed by atoms with Crippen molar-refractivity contribution in [1.82, 2.24) is 13.9 Å². The number of ether oxygens (including phenoxy) is 2. The summed E-state index contributed by atoms with van der Waals surface area (Å²) in [5, 5.41) is 0. The van der Waals surface area contributed by atoms with Gasteiger partial charge < -0.3 is 14.0 Å². The molecule has 0 spiro atoms. The number of esters is 1. The molecule has 4 rings (SSSR count). The van der Waals surface area contributed by atoms with E-state index in [9.17, 15) is 17.6 Å². The van der Waals surface area contributed by atoms with Crippen LogP contribution in [0.2, 0.25) is 0 Å². The van der Waals surface area contributed by atoms with Crippen molar-refractivity contribution in [3.8, 4) is 0 Å². The van der Waals surface area contributed by atoms with Crippen LogP contribution in [-0.4, -0.2) is 54.5 Å². The molecule has 3 aromatic rings. The summed E-state index contributed by atoms with van der Waals surface area (Å²) in [6, 6.07) is 10.7. The second-order valence-corrected chi connectivity index (χ2v) is 9.37. The highest BCUT2D eigenvalue weighted by Gasteiger charge is 2.27. The molecule has 0 unspecified atom stereocenters. The molecule has 0 radical (unpaired) electrons. The van der Waals surface area contributed by atoms with E-state index in [-0.39, 0.29) is 11.5 Å². The van der Waals surface area contributed by atoms with E-state index in [0.29, 0.717) is 49.8 Å². The lowest BCUT2D eigenvalue weighted by atomic mass is 10.2. The SMILES string of the molecule is CCn1c(COC(=O)/C=C/c2cccc(F)c2)nc2cc(S(=O)(=O)N3CCOCC3)ccc21. The van der Waals surface area contributed by atoms with Gasteiger partial charge in [0, 0.05) is 25.7 Å². The van der Waals surface area contributed by atoms with E-state index in [1.54, 1.807) is 30.3 Å². The number of hydrogen-bond donors (Lipinski definition) is 0. The topological polar surface area (TPSA) is 90.7 Å². The van der Waals surface area contributed by atoms with Crippen LogP contribution in [0.15, 0.2) is 53.4 Å². The van der Waals surface area contributed by atoms with Gasteiger partial charge in [-0.3, -0.25) is 0 Å². The van der Waals surface area contributed by atoms with Crippen LogP contribution < -0.4 is 0 Å². The van der Waals surface area contributed by atoms with Crippen LogP contribution in [0.25, 0.3) is 17.1 Å². The largest absolute Gasteiger partial charge is 0.454 e. The third-order valence-corrected chi connectivity index (χ3v) is 7.22. The molecule has 174 valence electrons. The van der Waals surface area contributed by atoms with Crippen LogP contribution in [0.5, 0.6) is 0 Å². The molecule has 1 aromatic heterocycles. The summed E-state index contributed by atoms with van der Waals surface area (Å²) in [6.07, 6.45) is 2.69. The molecule has 0 bridgehead atoms. The van der Waals surface area contributed by atoms with Crippen molar-refractivity contribution in [2.75, 3.05) is 26.3 Å². The minimum Gasteiger partial charge on any atom is -0.454 e. The van der Waals surface area contributed by atoms with Crippen LogP contribution in [-0.2, 0) is 37.4 Å². The average molecular weight is 474 g/mol. The van der Waals surface area contributed by atoms with Crippen LogP contribution in [0.4, 0.5) is 4.39 Å². The number of morpholine rings is 1. The van der Waals surface area contributed by atoms with Crippen molar-refractivity contribution in [2.45, 2.75) is 25.0 Å². The Hall–Kier alpha value is -3.08. The molecule has 10 heteroatoms. The van der Waals surface area contributed by atoms with Gasteiger partial charge in [-0.1, -0.05) is 12.1 Å². The van der Waals surface area contributed by atoms with Crippen LogP contribution in [0, 0.1) is 5.82 Å². The predicted molar refractivity (Wildman–Crippen MR) is 120 cm³/mol. The molecule has 0 N–H and O–H groups in total. The maximum Gasteiger partial charge on any atom is 0.331 e. The summed E-state index contributed by atoms with van der Waals surface area (Å²) >= 11 is 0. The third-order valence-electron chi connectivity index (χ3n) is 5.33. The van der Waals surface area contributed by atoms with Gasteiger partial charge in [0.1, 0.15) is 18.2 Å². The molecule has 2 heterocycles. The zero-order chi connectivity index (χ0) is 23.4. The Morgan fingerprint density at radius 1 is 1.21 bits per heavy atom. The quantitative estimate of drug-likeness (QED) is 0.387. The first-order valence-corrected chi connectivity index (χ1v) is 12.0. The highest BCUT2D eigenvalue weighted by atomic mass is 32.2. The number of benzene rings is 2. The highest BCUT2D eigenvalue weighted by molar-refractivity contribution is 7.89. The first kappa shape index (κ1) is 23.1. The summed E-state index contributed by atoms with van der Waals surface area (Å²) in [7, 11) is -3.64. The number of rotatable bonds is 7. The van der Waals surface area contributed by atoms with Gasteiger partial charge in [-0.2, -0.15) is 4.31 Å². The summed E-state index contributed by atoms with van der Waals surface area (Å²) in [5.74, 6) is -0.484. The van der Waals surface area contributed by atoms with E-state index in [1.807, 2.05) is 11.5 Å². The number of sulfonamides is 1. The number of carbonyl (C=O) groups excluding carboxylic acids is 1. The molecule has 0 saturated carbocycles. The van der Waals surface area contributed by atoms with Gasteiger partial charge in [0.15, 0.2) is 0 Å². The van der Waals surface area contributed by atoms with Crippen LogP contribution >= 0.6 is 0 Å². The number of imidazole rings is 1. The molecule has 1 fully saturated rings. The molecule has 1 aliphatic heterocycles. The van der Waals surface area contributed by atoms with Crippen molar-refractivity contribution in [1.29, 1.82) is 0 Å². The van der Waals surface area contributed by atoms with Crippen molar-refractivity contribution in [2.24, 2.45) is 0 Å². The number of aromatic nitrogens is 2. The Labute approximate surface area is 191 Å². The zero-order valence-electron chi connectivity index (χ0n) is 18.1. The average Bonchev–Trinajstić information content (AvgIpc) is 3.18. The second-order valence-electron chi connectivity index (χ2n) is 7.44. The highest BCUT2D eigenvalue weighted by Crippen LogP contribution is 2.24. The van der Waals surface area contributed by atoms with Gasteiger partial charge in [-0.15, -0.1) is 0 Å². The van der Waals surface area contributed by atoms with E-state index in [1.165, 1.54) is 28.6 Å². The van der Waals surface area contributed by atoms with Gasteiger partial charge in [-0.25, -0.2) is 22.6 Å². The molecular formula is C23H24FN3O5S. The summed E-state index contributed by atoms with van der Waals surface area (Å²) in [5.41, 5.74) is 1.80. The maximum absolute atomic E-state index is 13.2. The molecule has 8 nitrogen and oxygen atoms in total. The monoisotopic (exact) mass is 473 g/mol. The molecular weight excluding hydrogens is 449 g/mol. The lowest BCUT2D eigenvalue weighted by molar-refractivity contribution is -0.139. The molecule has 1 saturated heterocycles. The number of carbonyl (C=O) groups is 1. The van der Waals surface area contributed by atoms with Gasteiger partial charge in [0.05, 0.1) is 29.1 Å². The summed E-state index contributed by atoms with van der Waals surface area (Å²) in [6.45, 7) is 3.78. The number of fused-ring (bicyclic) bond motifs is 1. The van der Waals surface area contributed by atoms with Gasteiger partial charge in [0.25, 0.3) is 0 Å². The normalized spacial score (nSPS) is 15.3. The number of aryl methyl sites for hydroxylation is 1. The van der Waals surface area contributed by atoms with Crippen molar-refractivity contribution >= 4 is 33.1 Å². The zero-order valence-corrected chi connectivity index (χ0v) is 18.9. The number of nitrogens with zero attached hydrogens (tertiary/aromatic N) is 3. The van der Waals surface area contributed by atoms with Crippen LogP contribution in [0.1, 0.15) is 18.3 Å². The first-order valence-electron chi connectivity index (χ1n) is 10.6. The minimum atomic E-state index is -3.64. The van der Waals surface area contributed by atoms with Crippen molar-refractivity contribution in [3.63, 3.8) is 0 Å². The third kappa shape index (κ3) is 5.13. The minimum absolute atomic E-state index is 0.0829. The van der Waals surface area contributed by atoms with Crippen molar-refractivity contribution in [3.05, 3.63) is 65.7 Å². The first-order chi connectivity index (χ1) is 15.9. The van der Waals surface area contributed by atoms with E-state index in [2.05, 4.69) is 4.98 Å². The molecule has 0 aliphatic carbocycles. The van der Waals surface area contributed by atoms with Gasteiger partial charge >= 0.3 is 5.97 Å². The van der Waals surface area contributed by atoms with Crippen LogP contribution in [0.3, 0.4) is 0 Å². The molecule has 2 aromatic carbocycles. The second kappa shape index (κ2) is 9.82. The Kier molecular flexibility index (Phi) is 6.87. The fourth-order valence-corrected chi connectivity index (χ4v) is 5.11. The Balaban J connectivity index is 1.51. The summed E-state index contributed by atoms with van der Waals surface area (Å²) in [4.78, 5) is 16.8. The fourth-order valence-electron chi connectivity index (χ4n) is 3.68. The fraction of sp³-hybridized carbons (Fsp3) is 0.304. The van der Waals surface area contributed by atoms with E-state index >= 15 is 0 Å². The predicted octanol–water partition coefficient (Wildman–Crippen LogP) is 2.97. The van der Waals surface area contributed by atoms with E-state index < -0.39 is 21.8 Å². The Bertz CT molecular complexity index is 1300. The van der Waals surface area contributed by atoms with Crippen molar-refractivity contribution < 1.29 is 27.1 Å². The Morgan fingerprint density at radius 3 is 2.73 bits per heavy atom. The molecule has 0 amide bonds. The molecule has 1 aliphatic rings. The Morgan fingerprint density at radius 2 is 2.00 bits per heavy atom. The lowest BCUT2D eigenvalue weighted by Gasteiger charge is -2.26. The van der Waals surface area contributed by atoms with E-state index in [4.69, 9.17) is 9.47 Å². The number of halogens is 1. The van der Waals surface area contributed by atoms with E-state index in [0.717, 1.165) is 5.52 Å². The van der Waals surface area contributed by atoms with Gasteiger partial charge in [0.2, 0.25) is 10.0 Å². The lowest BCUT2D eigenvalue weighted by Crippen LogP contribution is -2.40. The molecule has 0 atom stereocenters. The number of hydrogen-bond acceptors (Lipinski definition) is 6. The standard InChI is InChI=1S/C23H24FN3O5S/c1-2-27-21-8-7-19(33(29,30)26-10-12-31-13-11-26)15-20(21)25-22(27)16-32-23(28)9-6-17-4-3-5-18(24)14-17/h3-9,14-15H,2,10-13,16H2,1H3/b9-6+. The van der Waals surface area contributed by atoms with Gasteiger partial charge in [-0.05, 0) is 48.9 Å². The maximum atomic E-state index is 13.2. The smallest absolute Gasteiger partial charge is 0.331 e. The molecule has 33 heavy (non-hydrogen) atoms. The summed E-state index contributed by atoms with van der Waals surface area (Å²) < 4.78 is 53.0.